The molecule has 0 bridgehead atoms. The highest BCUT2D eigenvalue weighted by Gasteiger charge is 2.14. The van der Waals surface area contributed by atoms with E-state index in [9.17, 15) is 0 Å². The molecule has 26 heavy (non-hydrogen) atoms. The Balaban J connectivity index is 1.38. The van der Waals surface area contributed by atoms with Crippen molar-refractivity contribution in [2.75, 3.05) is 26.2 Å². The number of ether oxygens (including phenoxy) is 1. The Morgan fingerprint density at radius 3 is 2.19 bits per heavy atom. The second-order valence-corrected chi connectivity index (χ2v) is 7.29. The van der Waals surface area contributed by atoms with E-state index in [0.29, 0.717) is 5.56 Å². The molecule has 2 aromatic rings. The first-order chi connectivity index (χ1) is 12.7. The predicted octanol–water partition coefficient (Wildman–Crippen LogP) is 5.12. The van der Waals surface area contributed by atoms with Crippen molar-refractivity contribution in [1.29, 1.82) is 5.26 Å². The Morgan fingerprint density at radius 1 is 0.962 bits per heavy atom. The molecule has 0 spiro atoms. The van der Waals surface area contributed by atoms with Gasteiger partial charge in [-0.05, 0) is 86.6 Å². The number of hydrogen-bond acceptors (Lipinski definition) is 3. The molecular formula is C23H28N2O. The van der Waals surface area contributed by atoms with Gasteiger partial charge in [0.15, 0.2) is 0 Å². The average molecular weight is 348 g/mol. The summed E-state index contributed by atoms with van der Waals surface area (Å²) in [6.07, 6.45) is 5.01. The van der Waals surface area contributed by atoms with Gasteiger partial charge in [-0.3, -0.25) is 0 Å². The van der Waals surface area contributed by atoms with E-state index in [1.807, 2.05) is 36.4 Å². The van der Waals surface area contributed by atoms with Crippen molar-refractivity contribution in [2.45, 2.75) is 32.6 Å². The van der Waals surface area contributed by atoms with Crippen LogP contribution in [-0.4, -0.2) is 31.1 Å². The maximum absolute atomic E-state index is 8.87. The molecule has 0 amide bonds. The Bertz CT molecular complexity index is 707. The fourth-order valence-corrected chi connectivity index (χ4v) is 3.39. The SMILES string of the molecule is CC1CCN(CCCCOc2ccc(-c3ccc(C#N)cc3)cc2)CC1. The summed E-state index contributed by atoms with van der Waals surface area (Å²) in [5.74, 6) is 1.83. The normalized spacial score (nSPS) is 15.5. The van der Waals surface area contributed by atoms with Gasteiger partial charge in [-0.15, -0.1) is 0 Å². The molecule has 3 heteroatoms. The zero-order valence-corrected chi connectivity index (χ0v) is 15.7. The minimum Gasteiger partial charge on any atom is -0.494 e. The molecule has 2 aromatic carbocycles. The minimum atomic E-state index is 0.688. The van der Waals surface area contributed by atoms with Crippen LogP contribution >= 0.6 is 0 Å². The number of likely N-dealkylation sites (tertiary alicyclic amines) is 1. The summed E-state index contributed by atoms with van der Waals surface area (Å²) < 4.78 is 5.88. The maximum Gasteiger partial charge on any atom is 0.119 e. The molecule has 0 aromatic heterocycles. The molecule has 0 atom stereocenters. The standard InChI is InChI=1S/C23H28N2O/c1-19-12-15-25(16-13-19)14-2-3-17-26-23-10-8-22(9-11-23)21-6-4-20(18-24)5-7-21/h4-11,19H,2-3,12-17H2,1H3. The van der Waals surface area contributed by atoms with Crippen molar-refractivity contribution >= 4 is 0 Å². The van der Waals surface area contributed by atoms with E-state index in [1.165, 1.54) is 38.9 Å². The number of hydrogen-bond donors (Lipinski definition) is 0. The molecule has 136 valence electrons. The summed E-state index contributed by atoms with van der Waals surface area (Å²) in [5, 5.41) is 8.87. The van der Waals surface area contributed by atoms with Crippen LogP contribution in [0.3, 0.4) is 0 Å². The second kappa shape index (κ2) is 9.40. The third-order valence-corrected chi connectivity index (χ3v) is 5.22. The van der Waals surface area contributed by atoms with Crippen molar-refractivity contribution < 1.29 is 4.74 Å². The van der Waals surface area contributed by atoms with E-state index >= 15 is 0 Å². The van der Waals surface area contributed by atoms with Crippen LogP contribution in [0, 0.1) is 17.2 Å². The first kappa shape index (κ1) is 18.5. The van der Waals surface area contributed by atoms with Gasteiger partial charge in [0.05, 0.1) is 18.2 Å². The van der Waals surface area contributed by atoms with Gasteiger partial charge in [-0.2, -0.15) is 5.26 Å². The first-order valence-corrected chi connectivity index (χ1v) is 9.70. The first-order valence-electron chi connectivity index (χ1n) is 9.70. The molecule has 3 nitrogen and oxygen atoms in total. The third-order valence-electron chi connectivity index (χ3n) is 5.22. The van der Waals surface area contributed by atoms with E-state index in [4.69, 9.17) is 10.00 Å². The summed E-state index contributed by atoms with van der Waals surface area (Å²) in [6.45, 7) is 6.86. The lowest BCUT2D eigenvalue weighted by Crippen LogP contribution is -2.33. The molecular weight excluding hydrogens is 320 g/mol. The summed E-state index contributed by atoms with van der Waals surface area (Å²) in [4.78, 5) is 2.59. The largest absolute Gasteiger partial charge is 0.494 e. The highest BCUT2D eigenvalue weighted by molar-refractivity contribution is 5.64. The van der Waals surface area contributed by atoms with Gasteiger partial charge >= 0.3 is 0 Å². The molecule has 0 unspecified atom stereocenters. The Hall–Kier alpha value is -2.31. The fraction of sp³-hybridized carbons (Fsp3) is 0.435. The summed E-state index contributed by atoms with van der Waals surface area (Å²) >= 11 is 0. The number of nitriles is 1. The monoisotopic (exact) mass is 348 g/mol. The molecule has 1 aliphatic heterocycles. The van der Waals surface area contributed by atoms with Gasteiger partial charge in [0.2, 0.25) is 0 Å². The lowest BCUT2D eigenvalue weighted by atomic mass is 9.99. The number of unbranched alkanes of at least 4 members (excludes halogenated alkanes) is 1. The van der Waals surface area contributed by atoms with Crippen LogP contribution in [0.5, 0.6) is 5.75 Å². The van der Waals surface area contributed by atoms with Gasteiger partial charge in [-0.25, -0.2) is 0 Å². The molecule has 0 N–H and O–H groups in total. The van der Waals surface area contributed by atoms with Crippen LogP contribution in [0.2, 0.25) is 0 Å². The molecule has 1 aliphatic rings. The predicted molar refractivity (Wildman–Crippen MR) is 106 cm³/mol. The lowest BCUT2D eigenvalue weighted by Gasteiger charge is -2.30. The third kappa shape index (κ3) is 5.34. The van der Waals surface area contributed by atoms with Crippen molar-refractivity contribution in [3.63, 3.8) is 0 Å². The van der Waals surface area contributed by atoms with Crippen molar-refractivity contribution in [1.82, 2.24) is 4.90 Å². The van der Waals surface area contributed by atoms with Crippen LogP contribution in [0.1, 0.15) is 38.2 Å². The Kier molecular flexibility index (Phi) is 6.68. The molecule has 0 radical (unpaired) electrons. The Morgan fingerprint density at radius 2 is 1.58 bits per heavy atom. The number of piperidine rings is 1. The molecule has 1 fully saturated rings. The summed E-state index contributed by atoms with van der Waals surface area (Å²) in [5.41, 5.74) is 2.94. The minimum absolute atomic E-state index is 0.688. The van der Waals surface area contributed by atoms with Crippen LogP contribution in [0.4, 0.5) is 0 Å². The highest BCUT2D eigenvalue weighted by atomic mass is 16.5. The quantitative estimate of drug-likeness (QED) is 0.652. The van der Waals surface area contributed by atoms with Crippen LogP contribution in [0.25, 0.3) is 11.1 Å². The van der Waals surface area contributed by atoms with E-state index < -0.39 is 0 Å². The van der Waals surface area contributed by atoms with Crippen LogP contribution in [-0.2, 0) is 0 Å². The topological polar surface area (TPSA) is 36.3 Å². The molecule has 3 rings (SSSR count). The van der Waals surface area contributed by atoms with Gasteiger partial charge in [0.25, 0.3) is 0 Å². The maximum atomic E-state index is 8.87. The summed E-state index contributed by atoms with van der Waals surface area (Å²) in [6, 6.07) is 18.0. The Labute approximate surface area is 157 Å². The van der Waals surface area contributed by atoms with Crippen molar-refractivity contribution in [2.24, 2.45) is 5.92 Å². The van der Waals surface area contributed by atoms with E-state index in [-0.39, 0.29) is 0 Å². The van der Waals surface area contributed by atoms with E-state index in [1.54, 1.807) is 0 Å². The van der Waals surface area contributed by atoms with Crippen LogP contribution in [0.15, 0.2) is 48.5 Å². The zero-order valence-electron chi connectivity index (χ0n) is 15.7. The highest BCUT2D eigenvalue weighted by Crippen LogP contribution is 2.23. The van der Waals surface area contributed by atoms with Crippen molar-refractivity contribution in [3.8, 4) is 22.9 Å². The smallest absolute Gasteiger partial charge is 0.119 e. The lowest BCUT2D eigenvalue weighted by molar-refractivity contribution is 0.185. The van der Waals surface area contributed by atoms with Crippen molar-refractivity contribution in [3.05, 3.63) is 54.1 Å². The number of benzene rings is 2. The fourth-order valence-electron chi connectivity index (χ4n) is 3.39. The molecule has 0 aliphatic carbocycles. The second-order valence-electron chi connectivity index (χ2n) is 7.29. The molecule has 1 saturated heterocycles. The van der Waals surface area contributed by atoms with Gasteiger partial charge in [0, 0.05) is 0 Å². The zero-order chi connectivity index (χ0) is 18.2. The summed E-state index contributed by atoms with van der Waals surface area (Å²) in [7, 11) is 0. The van der Waals surface area contributed by atoms with E-state index in [2.05, 4.69) is 30.0 Å². The van der Waals surface area contributed by atoms with Gasteiger partial charge in [-0.1, -0.05) is 31.2 Å². The van der Waals surface area contributed by atoms with Crippen LogP contribution < -0.4 is 4.74 Å². The van der Waals surface area contributed by atoms with Gasteiger partial charge in [0.1, 0.15) is 5.75 Å². The number of rotatable bonds is 7. The average Bonchev–Trinajstić information content (AvgIpc) is 2.70. The van der Waals surface area contributed by atoms with E-state index in [0.717, 1.165) is 35.8 Å². The number of nitrogens with zero attached hydrogens (tertiary/aromatic N) is 2. The molecule has 1 heterocycles. The molecule has 0 saturated carbocycles. The van der Waals surface area contributed by atoms with Gasteiger partial charge < -0.3 is 9.64 Å².